The van der Waals surface area contributed by atoms with Crippen molar-refractivity contribution in [3.63, 3.8) is 0 Å². The van der Waals surface area contributed by atoms with E-state index >= 15 is 0 Å². The second-order valence-electron chi connectivity index (χ2n) is 7.45. The van der Waals surface area contributed by atoms with Crippen molar-refractivity contribution in [1.82, 2.24) is 15.0 Å². The van der Waals surface area contributed by atoms with E-state index in [2.05, 4.69) is 36.3 Å². The van der Waals surface area contributed by atoms with Gasteiger partial charge in [0.15, 0.2) is 5.82 Å². The van der Waals surface area contributed by atoms with Gasteiger partial charge >= 0.3 is 0 Å². The van der Waals surface area contributed by atoms with Crippen LogP contribution in [0.1, 0.15) is 24.2 Å². The molecule has 1 aliphatic heterocycles. The Kier molecular flexibility index (Phi) is 6.06. The Morgan fingerprint density at radius 1 is 1.21 bits per heavy atom. The first-order valence-corrected chi connectivity index (χ1v) is 10.5. The van der Waals surface area contributed by atoms with E-state index in [4.69, 9.17) is 4.52 Å². The van der Waals surface area contributed by atoms with Crippen molar-refractivity contribution in [2.45, 2.75) is 26.3 Å². The van der Waals surface area contributed by atoms with Crippen molar-refractivity contribution in [1.29, 1.82) is 0 Å². The van der Waals surface area contributed by atoms with Gasteiger partial charge in [-0.05, 0) is 62.7 Å². The molecule has 2 aromatic carbocycles. The summed E-state index contributed by atoms with van der Waals surface area (Å²) < 4.78 is 6.41. The predicted octanol–water partition coefficient (Wildman–Crippen LogP) is 4.66. The minimum atomic E-state index is -0.0455. The Balaban J connectivity index is 1.35. The maximum Gasteiger partial charge on any atom is 0.257 e. The van der Waals surface area contributed by atoms with Crippen LogP contribution in [0.3, 0.4) is 0 Å². The molecule has 29 heavy (non-hydrogen) atoms. The molecule has 1 aromatic heterocycles. The molecule has 0 saturated carbocycles. The summed E-state index contributed by atoms with van der Waals surface area (Å²) in [6, 6.07) is 15.7. The molecule has 150 valence electrons. The number of anilines is 1. The molecule has 2 heterocycles. The van der Waals surface area contributed by atoms with Crippen LogP contribution in [0.15, 0.2) is 57.5 Å². The Morgan fingerprint density at radius 2 is 1.97 bits per heavy atom. The van der Waals surface area contributed by atoms with Gasteiger partial charge in [-0.25, -0.2) is 0 Å². The molecule has 1 aliphatic rings. The summed E-state index contributed by atoms with van der Waals surface area (Å²) in [4.78, 5) is 19.4. The summed E-state index contributed by atoms with van der Waals surface area (Å²) in [6.45, 7) is 4.24. The van der Waals surface area contributed by atoms with Gasteiger partial charge in [-0.1, -0.05) is 38.8 Å². The van der Waals surface area contributed by atoms with Crippen molar-refractivity contribution in [3.8, 4) is 11.5 Å². The van der Waals surface area contributed by atoms with E-state index in [1.54, 1.807) is 0 Å². The maximum atomic E-state index is 12.7. The van der Waals surface area contributed by atoms with Gasteiger partial charge in [-0.2, -0.15) is 4.98 Å². The van der Waals surface area contributed by atoms with Crippen molar-refractivity contribution in [2.75, 3.05) is 18.4 Å². The number of likely N-dealkylation sites (tertiary alicyclic amines) is 1. The van der Waals surface area contributed by atoms with Crippen molar-refractivity contribution >= 4 is 27.5 Å². The molecule has 1 amide bonds. The Labute approximate surface area is 178 Å². The predicted molar refractivity (Wildman–Crippen MR) is 115 cm³/mol. The van der Waals surface area contributed by atoms with Crippen molar-refractivity contribution < 1.29 is 9.32 Å². The number of amides is 1. The fourth-order valence-corrected chi connectivity index (χ4v) is 3.79. The van der Waals surface area contributed by atoms with Crippen molar-refractivity contribution in [2.24, 2.45) is 5.92 Å². The molecule has 4 rings (SSSR count). The monoisotopic (exact) mass is 454 g/mol. The fourth-order valence-electron chi connectivity index (χ4n) is 3.52. The van der Waals surface area contributed by atoms with Gasteiger partial charge < -0.3 is 9.84 Å². The van der Waals surface area contributed by atoms with E-state index in [-0.39, 0.29) is 11.8 Å². The summed E-state index contributed by atoms with van der Waals surface area (Å²) in [5, 5.41) is 7.14. The van der Waals surface area contributed by atoms with Gasteiger partial charge in [-0.15, -0.1) is 0 Å². The van der Waals surface area contributed by atoms with Crippen LogP contribution < -0.4 is 5.32 Å². The molecule has 1 fully saturated rings. The minimum Gasteiger partial charge on any atom is -0.334 e. The fraction of sp³-hybridized carbons (Fsp3) is 0.318. The number of halogens is 1. The lowest BCUT2D eigenvalue weighted by molar-refractivity contribution is -0.121. The largest absolute Gasteiger partial charge is 0.334 e. The maximum absolute atomic E-state index is 12.7. The molecule has 1 unspecified atom stereocenters. The van der Waals surface area contributed by atoms with Gasteiger partial charge in [0.1, 0.15) is 0 Å². The van der Waals surface area contributed by atoms with E-state index in [9.17, 15) is 4.79 Å². The van der Waals surface area contributed by atoms with Crippen LogP contribution in [0.4, 0.5) is 5.69 Å². The number of carbonyl (C=O) groups is 1. The third kappa shape index (κ3) is 5.10. The number of aromatic nitrogens is 2. The summed E-state index contributed by atoms with van der Waals surface area (Å²) in [7, 11) is 0. The highest BCUT2D eigenvalue weighted by Gasteiger charge is 2.27. The summed E-state index contributed by atoms with van der Waals surface area (Å²) in [5.74, 6) is 1.19. The highest BCUT2D eigenvalue weighted by molar-refractivity contribution is 9.10. The van der Waals surface area contributed by atoms with Crippen LogP contribution in [0, 0.1) is 12.8 Å². The Bertz CT molecular complexity index is 969. The minimum absolute atomic E-state index is 0.0455. The highest BCUT2D eigenvalue weighted by Crippen LogP contribution is 2.22. The third-order valence-corrected chi connectivity index (χ3v) is 5.65. The number of rotatable bonds is 5. The lowest BCUT2D eigenvalue weighted by atomic mass is 9.97. The first-order valence-electron chi connectivity index (χ1n) is 9.75. The molecule has 7 heteroatoms. The van der Waals surface area contributed by atoms with E-state index in [0.717, 1.165) is 35.1 Å². The zero-order chi connectivity index (χ0) is 20.2. The zero-order valence-electron chi connectivity index (χ0n) is 16.3. The van der Waals surface area contributed by atoms with Crippen LogP contribution in [-0.4, -0.2) is 34.0 Å². The number of nitrogens with one attached hydrogen (secondary N) is 1. The SMILES string of the molecule is Cc1ccc(-c2nc(CN3CCCC(C(=O)Nc4ccc(Br)cc4)C3)no2)cc1. The zero-order valence-corrected chi connectivity index (χ0v) is 17.9. The molecule has 1 saturated heterocycles. The van der Waals surface area contributed by atoms with E-state index in [0.29, 0.717) is 24.8 Å². The number of aryl methyl sites for hydroxylation is 1. The normalized spacial score (nSPS) is 17.2. The van der Waals surface area contributed by atoms with Gasteiger partial charge in [0.25, 0.3) is 5.89 Å². The topological polar surface area (TPSA) is 71.3 Å². The van der Waals surface area contributed by atoms with Crippen LogP contribution in [0.25, 0.3) is 11.5 Å². The second-order valence-corrected chi connectivity index (χ2v) is 8.37. The highest BCUT2D eigenvalue weighted by atomic mass is 79.9. The summed E-state index contributed by atoms with van der Waals surface area (Å²) >= 11 is 3.41. The first-order chi connectivity index (χ1) is 14.1. The molecule has 1 N–H and O–H groups in total. The standard InChI is InChI=1S/C22H23BrN4O2/c1-15-4-6-16(7-5-15)22-25-20(26-29-22)14-27-12-2-3-17(13-27)21(28)24-19-10-8-18(23)9-11-19/h4-11,17H,2-3,12-14H2,1H3,(H,24,28). The van der Waals surface area contributed by atoms with Gasteiger partial charge in [0.05, 0.1) is 12.5 Å². The van der Waals surface area contributed by atoms with Crippen molar-refractivity contribution in [3.05, 3.63) is 64.4 Å². The average Bonchev–Trinajstić information content (AvgIpc) is 3.19. The molecule has 0 aliphatic carbocycles. The lowest BCUT2D eigenvalue weighted by Gasteiger charge is -2.31. The summed E-state index contributed by atoms with van der Waals surface area (Å²) in [5.41, 5.74) is 2.92. The number of hydrogen-bond donors (Lipinski definition) is 1. The van der Waals surface area contributed by atoms with Crippen LogP contribution in [0.5, 0.6) is 0 Å². The molecule has 0 radical (unpaired) electrons. The Morgan fingerprint density at radius 3 is 2.72 bits per heavy atom. The van der Waals surface area contributed by atoms with Crippen LogP contribution in [0.2, 0.25) is 0 Å². The number of nitrogens with zero attached hydrogens (tertiary/aromatic N) is 3. The average molecular weight is 455 g/mol. The van der Waals surface area contributed by atoms with Crippen LogP contribution in [-0.2, 0) is 11.3 Å². The third-order valence-electron chi connectivity index (χ3n) is 5.12. The van der Waals surface area contributed by atoms with E-state index in [1.807, 2.05) is 55.5 Å². The first kappa shape index (κ1) is 19.8. The Hall–Kier alpha value is -2.51. The lowest BCUT2D eigenvalue weighted by Crippen LogP contribution is -2.40. The summed E-state index contributed by atoms with van der Waals surface area (Å²) in [6.07, 6.45) is 1.86. The number of benzene rings is 2. The van der Waals surface area contributed by atoms with Gasteiger partial charge in [0.2, 0.25) is 5.91 Å². The molecule has 3 aromatic rings. The molecular formula is C22H23BrN4O2. The van der Waals surface area contributed by atoms with E-state index in [1.165, 1.54) is 5.56 Å². The number of hydrogen-bond acceptors (Lipinski definition) is 5. The molecule has 0 bridgehead atoms. The quantitative estimate of drug-likeness (QED) is 0.606. The second kappa shape index (κ2) is 8.88. The molecule has 1 atom stereocenters. The molecule has 0 spiro atoms. The molecular weight excluding hydrogens is 432 g/mol. The molecule has 6 nitrogen and oxygen atoms in total. The number of carbonyl (C=O) groups excluding carboxylic acids is 1. The number of piperidine rings is 1. The van der Waals surface area contributed by atoms with Crippen LogP contribution >= 0.6 is 15.9 Å². The smallest absolute Gasteiger partial charge is 0.257 e. The van der Waals surface area contributed by atoms with E-state index < -0.39 is 0 Å². The van der Waals surface area contributed by atoms with Gasteiger partial charge in [0, 0.05) is 22.3 Å². The van der Waals surface area contributed by atoms with Gasteiger partial charge in [-0.3, -0.25) is 9.69 Å².